The number of ether oxygens (including phenoxy) is 1. The van der Waals surface area contributed by atoms with Crippen LogP contribution in [0.4, 0.5) is 0 Å². The molecule has 2 heteroatoms. The van der Waals surface area contributed by atoms with Crippen LogP contribution < -0.4 is 0 Å². The molecule has 0 aromatic heterocycles. The third-order valence-electron chi connectivity index (χ3n) is 3.51. The van der Waals surface area contributed by atoms with Gasteiger partial charge in [-0.3, -0.25) is 0 Å². The second-order valence-electron chi connectivity index (χ2n) is 4.58. The van der Waals surface area contributed by atoms with Gasteiger partial charge in [-0.1, -0.05) is 6.42 Å². The Labute approximate surface area is 80.3 Å². The highest BCUT2D eigenvalue weighted by Gasteiger charge is 2.28. The zero-order valence-corrected chi connectivity index (χ0v) is 8.24. The summed E-state index contributed by atoms with van der Waals surface area (Å²) in [4.78, 5) is 0. The standard InChI is InChI=1S/C11H20O2/c12-11-5-1-4-10(11)7-9-3-2-6-13-8-9/h9-12H,1-8H2. The number of rotatable bonds is 2. The molecule has 1 N–H and O–H groups in total. The highest BCUT2D eigenvalue weighted by Crippen LogP contribution is 2.33. The lowest BCUT2D eigenvalue weighted by atomic mass is 9.88. The van der Waals surface area contributed by atoms with E-state index in [9.17, 15) is 5.11 Å². The van der Waals surface area contributed by atoms with E-state index >= 15 is 0 Å². The summed E-state index contributed by atoms with van der Waals surface area (Å²) in [6, 6.07) is 0. The summed E-state index contributed by atoms with van der Waals surface area (Å²) in [5.41, 5.74) is 0. The maximum Gasteiger partial charge on any atom is 0.0568 e. The molecule has 76 valence electrons. The Balaban J connectivity index is 1.75. The van der Waals surface area contributed by atoms with E-state index in [1.807, 2.05) is 0 Å². The van der Waals surface area contributed by atoms with Gasteiger partial charge in [0.1, 0.15) is 0 Å². The predicted octanol–water partition coefficient (Wildman–Crippen LogP) is 1.96. The predicted molar refractivity (Wildman–Crippen MR) is 51.5 cm³/mol. The number of aliphatic hydroxyl groups excluding tert-OH is 1. The normalized spacial score (nSPS) is 40.8. The van der Waals surface area contributed by atoms with Crippen molar-refractivity contribution in [2.75, 3.05) is 13.2 Å². The van der Waals surface area contributed by atoms with Gasteiger partial charge in [0.05, 0.1) is 6.10 Å². The smallest absolute Gasteiger partial charge is 0.0568 e. The van der Waals surface area contributed by atoms with Crippen LogP contribution in [0.3, 0.4) is 0 Å². The Morgan fingerprint density at radius 3 is 2.69 bits per heavy atom. The molecule has 2 fully saturated rings. The van der Waals surface area contributed by atoms with E-state index in [0.717, 1.165) is 25.6 Å². The maximum atomic E-state index is 9.68. The molecule has 0 aromatic carbocycles. The molecule has 3 atom stereocenters. The molecule has 1 saturated heterocycles. The van der Waals surface area contributed by atoms with Crippen molar-refractivity contribution in [3.05, 3.63) is 0 Å². The van der Waals surface area contributed by atoms with E-state index in [4.69, 9.17) is 4.74 Å². The first kappa shape index (κ1) is 9.47. The molecule has 0 spiro atoms. The van der Waals surface area contributed by atoms with E-state index in [1.165, 1.54) is 32.1 Å². The molecule has 0 aromatic rings. The molecule has 2 nitrogen and oxygen atoms in total. The summed E-state index contributed by atoms with van der Waals surface area (Å²) >= 11 is 0. The largest absolute Gasteiger partial charge is 0.393 e. The van der Waals surface area contributed by atoms with Crippen molar-refractivity contribution in [3.63, 3.8) is 0 Å². The van der Waals surface area contributed by atoms with Crippen molar-refractivity contribution in [1.29, 1.82) is 0 Å². The van der Waals surface area contributed by atoms with Crippen molar-refractivity contribution in [1.82, 2.24) is 0 Å². The third-order valence-corrected chi connectivity index (χ3v) is 3.51. The van der Waals surface area contributed by atoms with Crippen LogP contribution in [0.2, 0.25) is 0 Å². The molecular formula is C11H20O2. The first-order valence-corrected chi connectivity index (χ1v) is 5.62. The summed E-state index contributed by atoms with van der Waals surface area (Å²) in [5, 5.41) is 9.68. The lowest BCUT2D eigenvalue weighted by Crippen LogP contribution is -2.23. The zero-order chi connectivity index (χ0) is 9.10. The molecule has 3 unspecified atom stereocenters. The van der Waals surface area contributed by atoms with Gasteiger partial charge in [-0.25, -0.2) is 0 Å². The van der Waals surface area contributed by atoms with Gasteiger partial charge in [0.15, 0.2) is 0 Å². The van der Waals surface area contributed by atoms with Crippen LogP contribution in [0.5, 0.6) is 0 Å². The number of aliphatic hydroxyl groups is 1. The van der Waals surface area contributed by atoms with E-state index in [1.54, 1.807) is 0 Å². The summed E-state index contributed by atoms with van der Waals surface area (Å²) in [5.74, 6) is 1.30. The molecule has 0 amide bonds. The highest BCUT2D eigenvalue weighted by atomic mass is 16.5. The van der Waals surface area contributed by atoms with E-state index in [-0.39, 0.29) is 6.10 Å². The molecule has 1 heterocycles. The van der Waals surface area contributed by atoms with Gasteiger partial charge in [0.25, 0.3) is 0 Å². The van der Waals surface area contributed by atoms with E-state index in [2.05, 4.69) is 0 Å². The first-order chi connectivity index (χ1) is 6.36. The van der Waals surface area contributed by atoms with E-state index in [0.29, 0.717) is 5.92 Å². The van der Waals surface area contributed by atoms with Gasteiger partial charge < -0.3 is 9.84 Å². The fourth-order valence-electron chi connectivity index (χ4n) is 2.71. The fraction of sp³-hybridized carbons (Fsp3) is 1.00. The first-order valence-electron chi connectivity index (χ1n) is 5.62. The van der Waals surface area contributed by atoms with Gasteiger partial charge in [-0.05, 0) is 43.9 Å². The van der Waals surface area contributed by atoms with Crippen LogP contribution in [0.15, 0.2) is 0 Å². The minimum Gasteiger partial charge on any atom is -0.393 e. The average Bonchev–Trinajstić information content (AvgIpc) is 2.54. The molecule has 13 heavy (non-hydrogen) atoms. The lowest BCUT2D eigenvalue weighted by Gasteiger charge is -2.25. The Morgan fingerprint density at radius 2 is 2.08 bits per heavy atom. The summed E-state index contributed by atoms with van der Waals surface area (Å²) in [6.07, 6.45) is 7.19. The molecule has 2 aliphatic rings. The molecule has 1 aliphatic carbocycles. The summed E-state index contributed by atoms with van der Waals surface area (Å²) in [6.45, 7) is 1.88. The van der Waals surface area contributed by atoms with Crippen LogP contribution in [0.1, 0.15) is 38.5 Å². The number of hydrogen-bond acceptors (Lipinski definition) is 2. The Hall–Kier alpha value is -0.0800. The topological polar surface area (TPSA) is 29.5 Å². The van der Waals surface area contributed by atoms with Crippen molar-refractivity contribution in [2.45, 2.75) is 44.6 Å². The van der Waals surface area contributed by atoms with Crippen molar-refractivity contribution in [2.24, 2.45) is 11.8 Å². The molecule has 1 saturated carbocycles. The van der Waals surface area contributed by atoms with Crippen molar-refractivity contribution in [3.8, 4) is 0 Å². The summed E-state index contributed by atoms with van der Waals surface area (Å²) < 4.78 is 5.45. The van der Waals surface area contributed by atoms with Crippen LogP contribution >= 0.6 is 0 Å². The van der Waals surface area contributed by atoms with Crippen LogP contribution in [0, 0.1) is 11.8 Å². The second kappa shape index (κ2) is 4.43. The highest BCUT2D eigenvalue weighted by molar-refractivity contribution is 4.79. The van der Waals surface area contributed by atoms with Crippen LogP contribution in [0.25, 0.3) is 0 Å². The zero-order valence-electron chi connectivity index (χ0n) is 8.24. The SMILES string of the molecule is OC1CCCC1CC1CCCOC1. The quantitative estimate of drug-likeness (QED) is 0.711. The molecular weight excluding hydrogens is 164 g/mol. The number of hydrogen-bond donors (Lipinski definition) is 1. The van der Waals surface area contributed by atoms with Crippen molar-refractivity contribution >= 4 is 0 Å². The molecule has 0 radical (unpaired) electrons. The van der Waals surface area contributed by atoms with Gasteiger partial charge >= 0.3 is 0 Å². The Kier molecular flexibility index (Phi) is 3.23. The molecule has 1 aliphatic heterocycles. The fourth-order valence-corrected chi connectivity index (χ4v) is 2.71. The average molecular weight is 184 g/mol. The molecule has 2 rings (SSSR count). The second-order valence-corrected chi connectivity index (χ2v) is 4.58. The Morgan fingerprint density at radius 1 is 1.15 bits per heavy atom. The Bertz CT molecular complexity index is 152. The third kappa shape index (κ3) is 2.44. The van der Waals surface area contributed by atoms with Crippen molar-refractivity contribution < 1.29 is 9.84 Å². The minimum atomic E-state index is -0.0121. The minimum absolute atomic E-state index is 0.0121. The van der Waals surface area contributed by atoms with Gasteiger partial charge in [-0.15, -0.1) is 0 Å². The maximum absolute atomic E-state index is 9.68. The monoisotopic (exact) mass is 184 g/mol. The van der Waals surface area contributed by atoms with Crippen LogP contribution in [-0.2, 0) is 4.74 Å². The van der Waals surface area contributed by atoms with E-state index < -0.39 is 0 Å². The summed E-state index contributed by atoms with van der Waals surface area (Å²) in [7, 11) is 0. The van der Waals surface area contributed by atoms with Gasteiger partial charge in [0.2, 0.25) is 0 Å². The van der Waals surface area contributed by atoms with Gasteiger partial charge in [0, 0.05) is 13.2 Å². The molecule has 0 bridgehead atoms. The van der Waals surface area contributed by atoms with Crippen LogP contribution in [-0.4, -0.2) is 24.4 Å². The van der Waals surface area contributed by atoms with Gasteiger partial charge in [-0.2, -0.15) is 0 Å². The lowest BCUT2D eigenvalue weighted by molar-refractivity contribution is 0.0326.